The minimum absolute atomic E-state index is 0.268. The maximum Gasteiger partial charge on any atom is 0.134 e. The average molecular weight is 322 g/mol. The first kappa shape index (κ1) is 14.4. The van der Waals surface area contributed by atoms with Gasteiger partial charge in [0.1, 0.15) is 5.76 Å². The summed E-state index contributed by atoms with van der Waals surface area (Å²) < 4.78 is 6.65. The molecule has 0 aliphatic rings. The largest absolute Gasteiger partial charge is 0.466 e. The lowest BCUT2D eigenvalue weighted by molar-refractivity contribution is 0.394. The Morgan fingerprint density at radius 2 is 2.00 bits per heavy atom. The lowest BCUT2D eigenvalue weighted by Crippen LogP contribution is -2.22. The summed E-state index contributed by atoms with van der Waals surface area (Å²) in [5, 5.41) is 3.56. The van der Waals surface area contributed by atoms with E-state index in [-0.39, 0.29) is 6.04 Å². The molecule has 1 unspecified atom stereocenters. The van der Waals surface area contributed by atoms with Crippen LogP contribution in [-0.2, 0) is 6.42 Å². The molecule has 0 aliphatic heterocycles. The molecule has 1 heterocycles. The van der Waals surface area contributed by atoms with Crippen LogP contribution in [0.1, 0.15) is 37.1 Å². The number of rotatable bonds is 7. The fourth-order valence-electron chi connectivity index (χ4n) is 2.15. The van der Waals surface area contributed by atoms with Crippen molar-refractivity contribution in [2.75, 3.05) is 6.54 Å². The maximum absolute atomic E-state index is 5.60. The Hall–Kier alpha value is -1.06. The third kappa shape index (κ3) is 4.22. The van der Waals surface area contributed by atoms with E-state index in [4.69, 9.17) is 4.42 Å². The minimum atomic E-state index is 0.268. The predicted octanol–water partition coefficient (Wildman–Crippen LogP) is 4.72. The number of aryl methyl sites for hydroxylation is 1. The SMILES string of the molecule is CCCNC(CCc1ccccc1)c1occc1Br. The highest BCUT2D eigenvalue weighted by Gasteiger charge is 2.17. The van der Waals surface area contributed by atoms with E-state index in [0.29, 0.717) is 0 Å². The number of halogens is 1. The van der Waals surface area contributed by atoms with Crippen molar-refractivity contribution in [1.29, 1.82) is 0 Å². The van der Waals surface area contributed by atoms with Gasteiger partial charge in [-0.15, -0.1) is 0 Å². The summed E-state index contributed by atoms with van der Waals surface area (Å²) in [4.78, 5) is 0. The second kappa shape index (κ2) is 7.51. The van der Waals surface area contributed by atoms with Gasteiger partial charge in [-0.2, -0.15) is 0 Å². The highest BCUT2D eigenvalue weighted by Crippen LogP contribution is 2.27. The summed E-state index contributed by atoms with van der Waals surface area (Å²) >= 11 is 3.55. The first-order valence-electron chi connectivity index (χ1n) is 6.81. The summed E-state index contributed by atoms with van der Waals surface area (Å²) in [5.41, 5.74) is 1.37. The molecule has 0 spiro atoms. The summed E-state index contributed by atoms with van der Waals surface area (Å²) in [5.74, 6) is 1.00. The lowest BCUT2D eigenvalue weighted by Gasteiger charge is -2.17. The van der Waals surface area contributed by atoms with Gasteiger partial charge in [0, 0.05) is 0 Å². The lowest BCUT2D eigenvalue weighted by atomic mass is 10.0. The molecule has 0 bridgehead atoms. The summed E-state index contributed by atoms with van der Waals surface area (Å²) in [6.45, 7) is 3.19. The second-order valence-electron chi connectivity index (χ2n) is 4.66. The van der Waals surface area contributed by atoms with Gasteiger partial charge in [0.05, 0.1) is 16.8 Å². The topological polar surface area (TPSA) is 25.2 Å². The standard InChI is InChI=1S/C16H20BrNO/c1-2-11-18-15(16-14(17)10-12-19-16)9-8-13-6-4-3-5-7-13/h3-7,10,12,15,18H,2,8-9,11H2,1H3. The van der Waals surface area contributed by atoms with Crippen LogP contribution >= 0.6 is 15.9 Å². The van der Waals surface area contributed by atoms with Crippen LogP contribution in [0.3, 0.4) is 0 Å². The van der Waals surface area contributed by atoms with Crippen molar-refractivity contribution in [1.82, 2.24) is 5.32 Å². The minimum Gasteiger partial charge on any atom is -0.466 e. The van der Waals surface area contributed by atoms with E-state index in [1.807, 2.05) is 6.07 Å². The van der Waals surface area contributed by atoms with Gasteiger partial charge < -0.3 is 9.73 Å². The fraction of sp³-hybridized carbons (Fsp3) is 0.375. The third-order valence-corrected chi connectivity index (χ3v) is 3.82. The van der Waals surface area contributed by atoms with Crippen molar-refractivity contribution in [2.24, 2.45) is 0 Å². The molecule has 0 radical (unpaired) electrons. The number of benzene rings is 1. The normalized spacial score (nSPS) is 12.5. The molecule has 0 saturated heterocycles. The Balaban J connectivity index is 2.00. The molecule has 3 heteroatoms. The molecule has 0 aliphatic carbocycles. The van der Waals surface area contributed by atoms with Crippen LogP contribution in [0.2, 0.25) is 0 Å². The number of nitrogens with one attached hydrogen (secondary N) is 1. The van der Waals surface area contributed by atoms with Crippen LogP contribution < -0.4 is 5.32 Å². The number of hydrogen-bond acceptors (Lipinski definition) is 2. The monoisotopic (exact) mass is 321 g/mol. The molecule has 102 valence electrons. The van der Waals surface area contributed by atoms with Gasteiger partial charge in [0.25, 0.3) is 0 Å². The van der Waals surface area contributed by atoms with E-state index >= 15 is 0 Å². The van der Waals surface area contributed by atoms with Crippen LogP contribution in [0.4, 0.5) is 0 Å². The zero-order chi connectivity index (χ0) is 13.5. The molecule has 0 saturated carbocycles. The van der Waals surface area contributed by atoms with Gasteiger partial charge in [-0.1, -0.05) is 37.3 Å². The van der Waals surface area contributed by atoms with Crippen LogP contribution in [0, 0.1) is 0 Å². The fourth-order valence-corrected chi connectivity index (χ4v) is 2.63. The quantitative estimate of drug-likeness (QED) is 0.798. The molecule has 1 atom stereocenters. The zero-order valence-electron chi connectivity index (χ0n) is 11.2. The summed E-state index contributed by atoms with van der Waals surface area (Å²) in [7, 11) is 0. The van der Waals surface area contributed by atoms with Gasteiger partial charge in [-0.3, -0.25) is 0 Å². The van der Waals surface area contributed by atoms with E-state index in [0.717, 1.165) is 36.0 Å². The van der Waals surface area contributed by atoms with E-state index in [2.05, 4.69) is 58.5 Å². The van der Waals surface area contributed by atoms with Crippen LogP contribution in [0.15, 0.2) is 51.6 Å². The molecule has 2 rings (SSSR count). The van der Waals surface area contributed by atoms with Crippen LogP contribution in [-0.4, -0.2) is 6.54 Å². The molecule has 2 nitrogen and oxygen atoms in total. The maximum atomic E-state index is 5.60. The highest BCUT2D eigenvalue weighted by molar-refractivity contribution is 9.10. The van der Waals surface area contributed by atoms with E-state index in [1.54, 1.807) is 6.26 Å². The Morgan fingerprint density at radius 1 is 1.21 bits per heavy atom. The first-order valence-corrected chi connectivity index (χ1v) is 7.60. The zero-order valence-corrected chi connectivity index (χ0v) is 12.8. The van der Waals surface area contributed by atoms with E-state index < -0.39 is 0 Å². The smallest absolute Gasteiger partial charge is 0.134 e. The Kier molecular flexibility index (Phi) is 5.67. The van der Waals surface area contributed by atoms with Gasteiger partial charge in [0.2, 0.25) is 0 Å². The Bertz CT molecular complexity index is 481. The predicted molar refractivity (Wildman–Crippen MR) is 82.2 cm³/mol. The number of hydrogen-bond donors (Lipinski definition) is 1. The van der Waals surface area contributed by atoms with Crippen molar-refractivity contribution in [3.05, 3.63) is 58.5 Å². The van der Waals surface area contributed by atoms with Crippen LogP contribution in [0.25, 0.3) is 0 Å². The Morgan fingerprint density at radius 3 is 2.63 bits per heavy atom. The highest BCUT2D eigenvalue weighted by atomic mass is 79.9. The van der Waals surface area contributed by atoms with Gasteiger partial charge in [-0.05, 0) is 53.4 Å². The van der Waals surface area contributed by atoms with Crippen molar-refractivity contribution in [3.8, 4) is 0 Å². The van der Waals surface area contributed by atoms with Crippen molar-refractivity contribution >= 4 is 15.9 Å². The van der Waals surface area contributed by atoms with Crippen molar-refractivity contribution in [2.45, 2.75) is 32.2 Å². The van der Waals surface area contributed by atoms with E-state index in [1.165, 1.54) is 5.56 Å². The average Bonchev–Trinajstić information content (AvgIpc) is 2.86. The molecule has 1 aromatic heterocycles. The van der Waals surface area contributed by atoms with Gasteiger partial charge >= 0.3 is 0 Å². The van der Waals surface area contributed by atoms with Gasteiger partial charge in [-0.25, -0.2) is 0 Å². The van der Waals surface area contributed by atoms with Crippen LogP contribution in [0.5, 0.6) is 0 Å². The molecule has 1 aromatic carbocycles. The molecule has 19 heavy (non-hydrogen) atoms. The van der Waals surface area contributed by atoms with Crippen molar-refractivity contribution in [3.63, 3.8) is 0 Å². The molecular formula is C16H20BrNO. The summed E-state index contributed by atoms with van der Waals surface area (Å²) in [6.07, 6.45) is 4.95. The molecule has 0 amide bonds. The van der Waals surface area contributed by atoms with E-state index in [9.17, 15) is 0 Å². The molecule has 0 fully saturated rings. The first-order chi connectivity index (χ1) is 9.31. The van der Waals surface area contributed by atoms with Gasteiger partial charge in [0.15, 0.2) is 0 Å². The third-order valence-electron chi connectivity index (χ3n) is 3.17. The Labute approximate surface area is 123 Å². The van der Waals surface area contributed by atoms with Crippen molar-refractivity contribution < 1.29 is 4.42 Å². The summed E-state index contributed by atoms with van der Waals surface area (Å²) in [6, 6.07) is 12.8. The number of furan rings is 1. The molecule has 2 aromatic rings. The molecule has 1 N–H and O–H groups in total. The molecular weight excluding hydrogens is 302 g/mol. The second-order valence-corrected chi connectivity index (χ2v) is 5.52.